The molecular formula is C23H18F2N8. The highest BCUT2D eigenvalue weighted by atomic mass is 19.3. The number of rotatable bonds is 3. The van der Waals surface area contributed by atoms with Crippen LogP contribution in [-0.2, 0) is 5.92 Å². The molecule has 0 unspecified atom stereocenters. The van der Waals surface area contributed by atoms with Gasteiger partial charge >= 0.3 is 0 Å². The fraction of sp³-hybridized carbons (Fsp3) is 0.130. The van der Waals surface area contributed by atoms with Crippen molar-refractivity contribution < 1.29 is 8.78 Å². The number of anilines is 1. The molecule has 1 aromatic carbocycles. The average Bonchev–Trinajstić information content (AvgIpc) is 3.51. The van der Waals surface area contributed by atoms with Crippen molar-refractivity contribution >= 4 is 17.0 Å². The lowest BCUT2D eigenvalue weighted by Gasteiger charge is -2.14. The molecule has 0 bridgehead atoms. The first-order chi connectivity index (χ1) is 15.9. The first kappa shape index (κ1) is 19.5. The molecule has 4 N–H and O–H groups in total. The van der Waals surface area contributed by atoms with Crippen LogP contribution >= 0.6 is 0 Å². The molecule has 0 saturated carbocycles. The van der Waals surface area contributed by atoms with Crippen molar-refractivity contribution in [1.82, 2.24) is 29.3 Å². The lowest BCUT2D eigenvalue weighted by Crippen LogP contribution is -2.11. The Morgan fingerprint density at radius 3 is 2.70 bits per heavy atom. The summed E-state index contributed by atoms with van der Waals surface area (Å²) < 4.78 is 32.7. The number of hydrogen-bond acceptors (Lipinski definition) is 6. The van der Waals surface area contributed by atoms with E-state index < -0.39 is 18.4 Å². The van der Waals surface area contributed by atoms with Crippen LogP contribution in [0, 0.1) is 0 Å². The summed E-state index contributed by atoms with van der Waals surface area (Å²) in [5.41, 5.74) is 14.6. The van der Waals surface area contributed by atoms with Crippen LogP contribution in [0.25, 0.3) is 34.1 Å². The molecule has 164 valence electrons. The standard InChI is InChI=1S/C23H18F2N8/c24-23(25)12-17(26)14-5-4-13(11-16(14)23)33-21(15-3-1-8-28-20(15)27)30-18-6-7-19(31-22(18)33)32-10-2-9-29-32/h1-11,17H,12,26H2,(H2,27,28)/t17-/m0/s1. The maximum atomic E-state index is 14.7. The molecule has 0 radical (unpaired) electrons. The second-order valence-electron chi connectivity index (χ2n) is 7.96. The predicted octanol–water partition coefficient (Wildman–Crippen LogP) is 3.75. The Hall–Kier alpha value is -4.18. The molecule has 0 amide bonds. The lowest BCUT2D eigenvalue weighted by atomic mass is 10.1. The van der Waals surface area contributed by atoms with E-state index in [1.165, 1.54) is 6.07 Å². The van der Waals surface area contributed by atoms with E-state index in [1.807, 2.05) is 6.07 Å². The Kier molecular flexibility index (Phi) is 4.08. The first-order valence-electron chi connectivity index (χ1n) is 10.3. The van der Waals surface area contributed by atoms with Gasteiger partial charge in [0, 0.05) is 42.3 Å². The summed E-state index contributed by atoms with van der Waals surface area (Å²) in [4.78, 5) is 13.6. The van der Waals surface area contributed by atoms with E-state index in [0.717, 1.165) is 0 Å². The predicted molar refractivity (Wildman–Crippen MR) is 119 cm³/mol. The Bertz CT molecular complexity index is 1510. The largest absolute Gasteiger partial charge is 0.383 e. The van der Waals surface area contributed by atoms with Gasteiger partial charge in [-0.25, -0.2) is 28.4 Å². The van der Waals surface area contributed by atoms with Crippen LogP contribution < -0.4 is 11.5 Å². The van der Waals surface area contributed by atoms with Crippen molar-refractivity contribution in [3.05, 3.63) is 78.2 Å². The van der Waals surface area contributed by atoms with Crippen molar-refractivity contribution in [2.24, 2.45) is 5.73 Å². The van der Waals surface area contributed by atoms with Gasteiger partial charge in [-0.15, -0.1) is 0 Å². The normalized spacial score (nSPS) is 16.9. The molecule has 1 aliphatic rings. The number of nitrogens with two attached hydrogens (primary N) is 2. The van der Waals surface area contributed by atoms with E-state index in [-0.39, 0.29) is 11.4 Å². The zero-order valence-corrected chi connectivity index (χ0v) is 17.2. The Morgan fingerprint density at radius 1 is 1.03 bits per heavy atom. The van der Waals surface area contributed by atoms with Crippen molar-refractivity contribution in [3.63, 3.8) is 0 Å². The summed E-state index contributed by atoms with van der Waals surface area (Å²) in [5, 5.41) is 4.23. The number of imidazole rings is 1. The highest BCUT2D eigenvalue weighted by Gasteiger charge is 2.43. The van der Waals surface area contributed by atoms with Crippen LogP contribution in [0.4, 0.5) is 14.6 Å². The van der Waals surface area contributed by atoms with E-state index in [4.69, 9.17) is 21.4 Å². The fourth-order valence-corrected chi connectivity index (χ4v) is 4.33. The summed E-state index contributed by atoms with van der Waals surface area (Å²) in [7, 11) is 0. The lowest BCUT2D eigenvalue weighted by molar-refractivity contribution is -0.00643. The molecule has 4 heterocycles. The van der Waals surface area contributed by atoms with Gasteiger partial charge in [-0.1, -0.05) is 6.07 Å². The number of benzene rings is 1. The quantitative estimate of drug-likeness (QED) is 0.438. The summed E-state index contributed by atoms with van der Waals surface area (Å²) in [6.45, 7) is 0. The van der Waals surface area contributed by atoms with Crippen molar-refractivity contribution in [1.29, 1.82) is 0 Å². The Labute approximate surface area is 186 Å². The van der Waals surface area contributed by atoms with Crippen LogP contribution in [0.3, 0.4) is 0 Å². The molecular weight excluding hydrogens is 426 g/mol. The maximum absolute atomic E-state index is 14.7. The molecule has 10 heteroatoms. The van der Waals surface area contributed by atoms with Crippen LogP contribution in [0.1, 0.15) is 23.6 Å². The number of halogens is 2. The number of aromatic nitrogens is 6. The SMILES string of the molecule is Nc1ncccc1-c1nc2ccc(-n3cccn3)nc2n1-c1ccc2c(c1)C(F)(F)C[C@@H]2N. The van der Waals surface area contributed by atoms with Crippen molar-refractivity contribution in [2.45, 2.75) is 18.4 Å². The summed E-state index contributed by atoms with van der Waals surface area (Å²) >= 11 is 0. The second kappa shape index (κ2) is 6.91. The van der Waals surface area contributed by atoms with Crippen molar-refractivity contribution in [2.75, 3.05) is 5.73 Å². The topological polar surface area (TPSA) is 113 Å². The third kappa shape index (κ3) is 2.99. The van der Waals surface area contributed by atoms with Gasteiger partial charge in [0.05, 0.1) is 5.56 Å². The summed E-state index contributed by atoms with van der Waals surface area (Å²) in [6, 6.07) is 13.1. The number of pyridine rings is 2. The van der Waals surface area contributed by atoms with Crippen molar-refractivity contribution in [3.8, 4) is 22.9 Å². The molecule has 1 aliphatic carbocycles. The number of nitrogens with zero attached hydrogens (tertiary/aromatic N) is 6. The highest BCUT2D eigenvalue weighted by Crippen LogP contribution is 2.47. The minimum atomic E-state index is -3.01. The monoisotopic (exact) mass is 444 g/mol. The van der Waals surface area contributed by atoms with E-state index in [1.54, 1.807) is 64.2 Å². The molecule has 0 fully saturated rings. The number of hydrogen-bond donors (Lipinski definition) is 2. The Morgan fingerprint density at radius 2 is 1.91 bits per heavy atom. The molecule has 0 spiro atoms. The molecule has 33 heavy (non-hydrogen) atoms. The Balaban J connectivity index is 1.65. The fourth-order valence-electron chi connectivity index (χ4n) is 4.33. The third-order valence-electron chi connectivity index (χ3n) is 5.87. The molecule has 0 aliphatic heterocycles. The number of nitrogen functional groups attached to an aromatic ring is 1. The molecule has 1 atom stereocenters. The van der Waals surface area contributed by atoms with E-state index >= 15 is 0 Å². The van der Waals surface area contributed by atoms with Crippen LogP contribution in [-0.4, -0.2) is 29.3 Å². The van der Waals surface area contributed by atoms with Gasteiger partial charge in [0.1, 0.15) is 11.3 Å². The summed E-state index contributed by atoms with van der Waals surface area (Å²) in [6.07, 6.45) is 4.58. The van der Waals surface area contributed by atoms with E-state index in [9.17, 15) is 8.78 Å². The minimum Gasteiger partial charge on any atom is -0.383 e. The van der Waals surface area contributed by atoms with Gasteiger partial charge in [-0.2, -0.15) is 5.10 Å². The first-order valence-corrected chi connectivity index (χ1v) is 10.3. The van der Waals surface area contributed by atoms with Crippen LogP contribution in [0.5, 0.6) is 0 Å². The van der Waals surface area contributed by atoms with Gasteiger partial charge in [0.25, 0.3) is 5.92 Å². The molecule has 4 aromatic heterocycles. The highest BCUT2D eigenvalue weighted by molar-refractivity contribution is 5.83. The van der Waals surface area contributed by atoms with Gasteiger partial charge < -0.3 is 11.5 Å². The molecule has 8 nitrogen and oxygen atoms in total. The second-order valence-corrected chi connectivity index (χ2v) is 7.96. The zero-order valence-electron chi connectivity index (χ0n) is 17.2. The minimum absolute atomic E-state index is 0.0808. The van der Waals surface area contributed by atoms with Crippen LogP contribution in [0.15, 0.2) is 67.1 Å². The van der Waals surface area contributed by atoms with E-state index in [0.29, 0.717) is 39.6 Å². The molecule has 6 rings (SSSR count). The van der Waals surface area contributed by atoms with Crippen LogP contribution in [0.2, 0.25) is 0 Å². The number of alkyl halides is 2. The van der Waals surface area contributed by atoms with Gasteiger partial charge in [0.15, 0.2) is 17.3 Å². The van der Waals surface area contributed by atoms with Gasteiger partial charge in [0.2, 0.25) is 0 Å². The molecule has 0 saturated heterocycles. The van der Waals surface area contributed by atoms with Gasteiger partial charge in [-0.05, 0) is 48.0 Å². The third-order valence-corrected chi connectivity index (χ3v) is 5.87. The molecule has 5 aromatic rings. The maximum Gasteiger partial charge on any atom is 0.275 e. The van der Waals surface area contributed by atoms with E-state index in [2.05, 4.69) is 10.1 Å². The van der Waals surface area contributed by atoms with Gasteiger partial charge in [-0.3, -0.25) is 4.57 Å². The summed E-state index contributed by atoms with van der Waals surface area (Å²) in [5.74, 6) is -1.73. The number of fused-ring (bicyclic) bond motifs is 2. The zero-order chi connectivity index (χ0) is 22.7. The average molecular weight is 444 g/mol. The smallest absolute Gasteiger partial charge is 0.275 e.